The van der Waals surface area contributed by atoms with E-state index in [4.69, 9.17) is 32.8 Å². The molecule has 0 fully saturated rings. The summed E-state index contributed by atoms with van der Waals surface area (Å²) in [5.41, 5.74) is 22.0. The van der Waals surface area contributed by atoms with Crippen LogP contribution in [0.3, 0.4) is 0 Å². The Bertz CT molecular complexity index is 1210. The average molecular weight is 460 g/mol. The maximum absolute atomic E-state index is 11.5. The molecule has 0 aliphatic heterocycles. The van der Waals surface area contributed by atoms with E-state index < -0.39 is 5.91 Å². The van der Waals surface area contributed by atoms with E-state index in [-0.39, 0.29) is 24.7 Å². The van der Waals surface area contributed by atoms with Gasteiger partial charge in [-0.05, 0) is 54.8 Å². The Morgan fingerprint density at radius 1 is 1.03 bits per heavy atom. The maximum Gasteiger partial charge on any atom is 0.217 e. The second-order valence-electron chi connectivity index (χ2n) is 7.89. The lowest BCUT2D eigenvalue weighted by Gasteiger charge is -2.18. The Kier molecular flexibility index (Phi) is 7.81. The van der Waals surface area contributed by atoms with Crippen molar-refractivity contribution in [3.05, 3.63) is 88.2 Å². The number of pyridine rings is 1. The first-order valence-corrected chi connectivity index (χ1v) is 10.7. The largest absolute Gasteiger partial charge is 0.487 e. The summed E-state index contributed by atoms with van der Waals surface area (Å²) in [4.78, 5) is 16.0. The highest BCUT2D eigenvalue weighted by molar-refractivity contribution is 5.95. The van der Waals surface area contributed by atoms with Gasteiger partial charge in [0.2, 0.25) is 5.91 Å². The number of benzene rings is 2. The number of rotatable bonds is 11. The van der Waals surface area contributed by atoms with E-state index in [0.29, 0.717) is 35.5 Å². The van der Waals surface area contributed by atoms with E-state index in [1.54, 1.807) is 24.4 Å². The van der Waals surface area contributed by atoms with Crippen LogP contribution in [0.15, 0.2) is 54.7 Å². The van der Waals surface area contributed by atoms with E-state index in [0.717, 1.165) is 22.4 Å². The zero-order valence-electron chi connectivity index (χ0n) is 19.0. The smallest absolute Gasteiger partial charge is 0.217 e. The lowest BCUT2D eigenvalue weighted by molar-refractivity contribution is -0.117. The molecule has 0 unspecified atom stereocenters. The number of aryl methyl sites for hydroxylation is 1. The molecule has 0 radical (unpaired) electrons. The maximum atomic E-state index is 11.5. The van der Waals surface area contributed by atoms with Gasteiger partial charge in [-0.15, -0.1) is 0 Å². The summed E-state index contributed by atoms with van der Waals surface area (Å²) in [7, 11) is 0. The highest BCUT2D eigenvalue weighted by Gasteiger charge is 2.16. The molecule has 34 heavy (non-hydrogen) atoms. The van der Waals surface area contributed by atoms with Gasteiger partial charge in [-0.3, -0.25) is 20.6 Å². The van der Waals surface area contributed by atoms with Crippen molar-refractivity contribution in [1.82, 2.24) is 4.98 Å². The predicted molar refractivity (Wildman–Crippen MR) is 133 cm³/mol. The molecule has 9 nitrogen and oxygen atoms in total. The summed E-state index contributed by atoms with van der Waals surface area (Å²) in [6.45, 7) is 2.57. The Hall–Kier alpha value is -4.40. The minimum Gasteiger partial charge on any atom is -0.487 e. The molecule has 0 atom stereocenters. The highest BCUT2D eigenvalue weighted by atomic mass is 16.5. The SMILES string of the molecule is Cc1ncc(CNc2ccc(C(=N)N)cc2)c(CCC(N)=O)c1OCc1cccc(C(=N)N)c1. The van der Waals surface area contributed by atoms with Crippen LogP contribution in [0.1, 0.15) is 39.9 Å². The first-order valence-electron chi connectivity index (χ1n) is 10.7. The number of nitrogens with zero attached hydrogens (tertiary/aromatic N) is 1. The number of carbonyl (C=O) groups is 1. The fourth-order valence-corrected chi connectivity index (χ4v) is 3.49. The molecule has 3 rings (SSSR count). The molecule has 1 amide bonds. The first kappa shape index (κ1) is 24.2. The zero-order chi connectivity index (χ0) is 24.7. The number of amidine groups is 2. The molecule has 0 aliphatic rings. The Labute approximate surface area is 198 Å². The van der Waals surface area contributed by atoms with E-state index in [9.17, 15) is 4.79 Å². The number of hydrogen-bond donors (Lipinski definition) is 6. The van der Waals surface area contributed by atoms with Crippen LogP contribution in [0.4, 0.5) is 5.69 Å². The number of aromatic nitrogens is 1. The van der Waals surface area contributed by atoms with Crippen LogP contribution in [0.2, 0.25) is 0 Å². The normalized spacial score (nSPS) is 10.5. The summed E-state index contributed by atoms with van der Waals surface area (Å²) in [6.07, 6.45) is 2.37. The Morgan fingerprint density at radius 2 is 1.74 bits per heavy atom. The molecule has 0 saturated carbocycles. The van der Waals surface area contributed by atoms with Gasteiger partial charge < -0.3 is 27.3 Å². The van der Waals surface area contributed by atoms with Crippen molar-refractivity contribution >= 4 is 23.3 Å². The molecule has 3 aromatic rings. The van der Waals surface area contributed by atoms with Gasteiger partial charge in [0.1, 0.15) is 24.0 Å². The van der Waals surface area contributed by atoms with Crippen molar-refractivity contribution in [3.63, 3.8) is 0 Å². The third-order valence-corrected chi connectivity index (χ3v) is 5.33. The van der Waals surface area contributed by atoms with Crippen molar-refractivity contribution in [2.75, 3.05) is 5.32 Å². The number of nitrogens with one attached hydrogen (secondary N) is 3. The van der Waals surface area contributed by atoms with Crippen LogP contribution in [0.25, 0.3) is 0 Å². The summed E-state index contributed by atoms with van der Waals surface area (Å²) in [5.74, 6) is 0.221. The predicted octanol–water partition coefficient (Wildman–Crippen LogP) is 2.57. The Balaban J connectivity index is 1.83. The monoisotopic (exact) mass is 459 g/mol. The standard InChI is InChI=1S/C25H29N7O2/c1-15-23(34-14-16-3-2-4-18(11-16)25(29)30)21(9-10-22(26)33)19(12-31-15)13-32-20-7-5-17(6-8-20)24(27)28/h2-8,11-12,32H,9-10,13-14H2,1H3,(H2,26,33)(H3,27,28)(H3,29,30). The van der Waals surface area contributed by atoms with Gasteiger partial charge in [0.05, 0.1) is 5.69 Å². The molecule has 0 spiro atoms. The fourth-order valence-electron chi connectivity index (χ4n) is 3.49. The van der Waals surface area contributed by atoms with Gasteiger partial charge in [0, 0.05) is 41.5 Å². The number of anilines is 1. The summed E-state index contributed by atoms with van der Waals surface area (Å²) in [6, 6.07) is 14.5. The quantitative estimate of drug-likeness (QED) is 0.189. The molecule has 2 aromatic carbocycles. The number of hydrogen-bond acceptors (Lipinski definition) is 6. The number of ether oxygens (including phenoxy) is 1. The summed E-state index contributed by atoms with van der Waals surface area (Å²) in [5, 5.41) is 18.5. The van der Waals surface area contributed by atoms with Crippen LogP contribution in [-0.2, 0) is 24.4 Å². The van der Waals surface area contributed by atoms with Crippen LogP contribution in [0.5, 0.6) is 5.75 Å². The molecule has 176 valence electrons. The lowest BCUT2D eigenvalue weighted by atomic mass is 10.0. The number of nitrogens with two attached hydrogens (primary N) is 3. The van der Waals surface area contributed by atoms with Crippen molar-refractivity contribution in [1.29, 1.82) is 10.8 Å². The molecule has 9 heteroatoms. The van der Waals surface area contributed by atoms with Crippen molar-refractivity contribution in [3.8, 4) is 5.75 Å². The summed E-state index contributed by atoms with van der Waals surface area (Å²) >= 11 is 0. The number of carbonyl (C=O) groups excluding carboxylic acids is 1. The fraction of sp³-hybridized carbons (Fsp3) is 0.200. The molecule has 0 aliphatic carbocycles. The van der Waals surface area contributed by atoms with E-state index in [1.807, 2.05) is 37.3 Å². The lowest BCUT2D eigenvalue weighted by Crippen LogP contribution is -2.15. The number of primary amides is 1. The van der Waals surface area contributed by atoms with Gasteiger partial charge in [0.25, 0.3) is 0 Å². The van der Waals surface area contributed by atoms with E-state index in [2.05, 4.69) is 10.3 Å². The van der Waals surface area contributed by atoms with Crippen LogP contribution >= 0.6 is 0 Å². The molecule has 1 heterocycles. The zero-order valence-corrected chi connectivity index (χ0v) is 19.0. The van der Waals surface area contributed by atoms with Gasteiger partial charge >= 0.3 is 0 Å². The second kappa shape index (κ2) is 11.0. The number of amides is 1. The van der Waals surface area contributed by atoms with Crippen molar-refractivity contribution < 1.29 is 9.53 Å². The van der Waals surface area contributed by atoms with Crippen LogP contribution < -0.4 is 27.3 Å². The molecular formula is C25H29N7O2. The average Bonchev–Trinajstić information content (AvgIpc) is 2.81. The molecular weight excluding hydrogens is 430 g/mol. The number of nitrogen functional groups attached to an aromatic ring is 2. The molecule has 0 saturated heterocycles. The highest BCUT2D eigenvalue weighted by Crippen LogP contribution is 2.28. The topological polar surface area (TPSA) is 177 Å². The van der Waals surface area contributed by atoms with E-state index >= 15 is 0 Å². The minimum atomic E-state index is -0.395. The Morgan fingerprint density at radius 3 is 2.38 bits per heavy atom. The van der Waals surface area contributed by atoms with Crippen molar-refractivity contribution in [2.24, 2.45) is 17.2 Å². The van der Waals surface area contributed by atoms with Crippen LogP contribution in [-0.4, -0.2) is 22.6 Å². The molecule has 1 aromatic heterocycles. The second-order valence-corrected chi connectivity index (χ2v) is 7.89. The van der Waals surface area contributed by atoms with Gasteiger partial charge in [-0.25, -0.2) is 0 Å². The van der Waals surface area contributed by atoms with Gasteiger partial charge in [0.15, 0.2) is 0 Å². The molecule has 0 bridgehead atoms. The van der Waals surface area contributed by atoms with Gasteiger partial charge in [-0.1, -0.05) is 18.2 Å². The molecule has 9 N–H and O–H groups in total. The third kappa shape index (κ3) is 6.32. The van der Waals surface area contributed by atoms with E-state index in [1.165, 1.54) is 0 Å². The first-order chi connectivity index (χ1) is 16.2. The van der Waals surface area contributed by atoms with Crippen molar-refractivity contribution in [2.45, 2.75) is 32.9 Å². The summed E-state index contributed by atoms with van der Waals surface area (Å²) < 4.78 is 6.16. The minimum absolute atomic E-state index is 0.00810. The third-order valence-electron chi connectivity index (χ3n) is 5.33. The van der Waals surface area contributed by atoms with Crippen LogP contribution in [0, 0.1) is 17.7 Å². The van der Waals surface area contributed by atoms with Gasteiger partial charge in [-0.2, -0.15) is 0 Å².